The third-order valence-corrected chi connectivity index (χ3v) is 3.66. The standard InChI is InChI=1S/C15H16ClFN2/c16-12-4-3-11(15(17)8-12)10-19-7-1-2-14(19)9-18-13-5-6-13/h1-4,7-8,13,18H,5-6,9-10H2. The number of hydrogen-bond acceptors (Lipinski definition) is 1. The molecule has 100 valence electrons. The van der Waals surface area contributed by atoms with Crippen LogP contribution < -0.4 is 5.32 Å². The second-order valence-electron chi connectivity index (χ2n) is 5.02. The van der Waals surface area contributed by atoms with Gasteiger partial charge in [0.2, 0.25) is 0 Å². The molecule has 1 heterocycles. The summed E-state index contributed by atoms with van der Waals surface area (Å²) in [4.78, 5) is 0. The van der Waals surface area contributed by atoms with Crippen LogP contribution >= 0.6 is 11.6 Å². The molecule has 1 aliphatic rings. The van der Waals surface area contributed by atoms with Crippen LogP contribution in [0.5, 0.6) is 0 Å². The molecule has 1 aromatic heterocycles. The zero-order valence-corrected chi connectivity index (χ0v) is 11.3. The van der Waals surface area contributed by atoms with Gasteiger partial charge in [0.05, 0.1) is 6.54 Å². The minimum Gasteiger partial charge on any atom is -0.346 e. The predicted molar refractivity (Wildman–Crippen MR) is 74.8 cm³/mol. The van der Waals surface area contributed by atoms with E-state index in [0.29, 0.717) is 23.2 Å². The van der Waals surface area contributed by atoms with Crippen LogP contribution in [0.2, 0.25) is 5.02 Å². The smallest absolute Gasteiger partial charge is 0.129 e. The quantitative estimate of drug-likeness (QED) is 0.885. The number of rotatable bonds is 5. The van der Waals surface area contributed by atoms with Crippen molar-refractivity contribution in [2.75, 3.05) is 0 Å². The first-order chi connectivity index (χ1) is 9.22. The van der Waals surface area contributed by atoms with E-state index in [-0.39, 0.29) is 5.82 Å². The molecule has 0 amide bonds. The van der Waals surface area contributed by atoms with E-state index in [0.717, 1.165) is 6.54 Å². The van der Waals surface area contributed by atoms with Gasteiger partial charge in [0.1, 0.15) is 5.82 Å². The summed E-state index contributed by atoms with van der Waals surface area (Å²) in [5.74, 6) is -0.248. The Bertz CT molecular complexity index is 575. The third kappa shape index (κ3) is 3.17. The van der Waals surface area contributed by atoms with Gasteiger partial charge in [-0.25, -0.2) is 4.39 Å². The molecule has 0 aliphatic heterocycles. The highest BCUT2D eigenvalue weighted by Crippen LogP contribution is 2.20. The second-order valence-corrected chi connectivity index (χ2v) is 5.45. The Balaban J connectivity index is 1.73. The van der Waals surface area contributed by atoms with E-state index in [2.05, 4.69) is 16.0 Å². The molecule has 1 aromatic carbocycles. The maximum Gasteiger partial charge on any atom is 0.129 e. The Kier molecular flexibility index (Phi) is 3.58. The Labute approximate surface area is 117 Å². The zero-order chi connectivity index (χ0) is 13.2. The summed E-state index contributed by atoms with van der Waals surface area (Å²) >= 11 is 5.76. The molecule has 4 heteroatoms. The number of benzene rings is 1. The minimum atomic E-state index is -0.248. The SMILES string of the molecule is Fc1cc(Cl)ccc1Cn1cccc1CNC1CC1. The summed E-state index contributed by atoms with van der Waals surface area (Å²) in [6, 6.07) is 9.58. The Hall–Kier alpha value is -1.32. The molecule has 2 nitrogen and oxygen atoms in total. The molecule has 1 saturated carbocycles. The van der Waals surface area contributed by atoms with Crippen molar-refractivity contribution in [2.24, 2.45) is 0 Å². The summed E-state index contributed by atoms with van der Waals surface area (Å²) < 4.78 is 15.9. The van der Waals surface area contributed by atoms with Crippen molar-refractivity contribution < 1.29 is 4.39 Å². The van der Waals surface area contributed by atoms with Gasteiger partial charge < -0.3 is 9.88 Å². The van der Waals surface area contributed by atoms with Crippen LogP contribution in [-0.2, 0) is 13.1 Å². The number of nitrogens with zero attached hydrogens (tertiary/aromatic N) is 1. The van der Waals surface area contributed by atoms with Crippen molar-refractivity contribution >= 4 is 11.6 Å². The van der Waals surface area contributed by atoms with Crippen LogP contribution in [0.3, 0.4) is 0 Å². The lowest BCUT2D eigenvalue weighted by atomic mass is 10.2. The minimum absolute atomic E-state index is 0.248. The number of aromatic nitrogens is 1. The summed E-state index contributed by atoms with van der Waals surface area (Å²) in [6.45, 7) is 1.38. The maximum absolute atomic E-state index is 13.8. The highest BCUT2D eigenvalue weighted by Gasteiger charge is 2.20. The highest BCUT2D eigenvalue weighted by molar-refractivity contribution is 6.30. The van der Waals surface area contributed by atoms with E-state index in [1.54, 1.807) is 12.1 Å². The van der Waals surface area contributed by atoms with Crippen molar-refractivity contribution in [3.63, 3.8) is 0 Å². The summed E-state index contributed by atoms with van der Waals surface area (Å²) in [5, 5.41) is 3.91. The normalized spacial score (nSPS) is 14.8. The lowest BCUT2D eigenvalue weighted by Gasteiger charge is -2.11. The lowest BCUT2D eigenvalue weighted by Crippen LogP contribution is -2.18. The molecule has 1 aliphatic carbocycles. The molecule has 0 atom stereocenters. The summed E-state index contributed by atoms with van der Waals surface area (Å²) in [5.41, 5.74) is 1.84. The lowest BCUT2D eigenvalue weighted by molar-refractivity contribution is 0.587. The van der Waals surface area contributed by atoms with Crippen LogP contribution in [0.15, 0.2) is 36.5 Å². The van der Waals surface area contributed by atoms with E-state index in [4.69, 9.17) is 11.6 Å². The molecule has 0 unspecified atom stereocenters. The monoisotopic (exact) mass is 278 g/mol. The van der Waals surface area contributed by atoms with E-state index >= 15 is 0 Å². The van der Waals surface area contributed by atoms with Crippen molar-refractivity contribution in [3.8, 4) is 0 Å². The Morgan fingerprint density at radius 2 is 2.16 bits per heavy atom. The molecule has 0 spiro atoms. The van der Waals surface area contributed by atoms with E-state index in [1.807, 2.05) is 12.3 Å². The van der Waals surface area contributed by atoms with Crippen molar-refractivity contribution in [3.05, 3.63) is 58.6 Å². The van der Waals surface area contributed by atoms with Crippen LogP contribution in [0, 0.1) is 5.82 Å². The molecular formula is C15H16ClFN2. The average Bonchev–Trinajstić information content (AvgIpc) is 3.11. The molecule has 1 fully saturated rings. The fraction of sp³-hybridized carbons (Fsp3) is 0.333. The zero-order valence-electron chi connectivity index (χ0n) is 10.6. The molecule has 0 saturated heterocycles. The average molecular weight is 279 g/mol. The van der Waals surface area contributed by atoms with Crippen molar-refractivity contribution in [1.29, 1.82) is 0 Å². The first-order valence-corrected chi connectivity index (χ1v) is 6.91. The third-order valence-electron chi connectivity index (χ3n) is 3.43. The van der Waals surface area contributed by atoms with E-state index in [1.165, 1.54) is 24.6 Å². The van der Waals surface area contributed by atoms with E-state index in [9.17, 15) is 4.39 Å². The van der Waals surface area contributed by atoms with Crippen molar-refractivity contribution in [1.82, 2.24) is 9.88 Å². The predicted octanol–water partition coefficient (Wildman–Crippen LogP) is 3.58. The van der Waals surface area contributed by atoms with Gasteiger partial charge >= 0.3 is 0 Å². The second kappa shape index (κ2) is 5.35. The summed E-state index contributed by atoms with van der Waals surface area (Å²) in [7, 11) is 0. The maximum atomic E-state index is 13.8. The van der Waals surface area contributed by atoms with Gasteiger partial charge in [0.15, 0.2) is 0 Å². The Morgan fingerprint density at radius 1 is 1.32 bits per heavy atom. The molecule has 0 radical (unpaired) electrons. The molecule has 19 heavy (non-hydrogen) atoms. The van der Waals surface area contributed by atoms with Gasteiger partial charge in [-0.15, -0.1) is 0 Å². The topological polar surface area (TPSA) is 17.0 Å². The van der Waals surface area contributed by atoms with Crippen LogP contribution in [0.4, 0.5) is 4.39 Å². The largest absolute Gasteiger partial charge is 0.346 e. The van der Waals surface area contributed by atoms with E-state index < -0.39 is 0 Å². The fourth-order valence-corrected chi connectivity index (χ4v) is 2.29. The van der Waals surface area contributed by atoms with Crippen LogP contribution in [0.25, 0.3) is 0 Å². The van der Waals surface area contributed by atoms with Gasteiger partial charge in [0, 0.05) is 35.1 Å². The van der Waals surface area contributed by atoms with Crippen LogP contribution in [-0.4, -0.2) is 10.6 Å². The van der Waals surface area contributed by atoms with Gasteiger partial charge in [-0.3, -0.25) is 0 Å². The van der Waals surface area contributed by atoms with Crippen LogP contribution in [0.1, 0.15) is 24.1 Å². The molecule has 3 rings (SSSR count). The molecular weight excluding hydrogens is 263 g/mol. The molecule has 0 bridgehead atoms. The summed E-state index contributed by atoms with van der Waals surface area (Å²) in [6.07, 6.45) is 4.52. The Morgan fingerprint density at radius 3 is 2.89 bits per heavy atom. The van der Waals surface area contributed by atoms with Gasteiger partial charge in [-0.1, -0.05) is 17.7 Å². The number of hydrogen-bond donors (Lipinski definition) is 1. The molecule has 1 N–H and O–H groups in total. The van der Waals surface area contributed by atoms with Gasteiger partial charge in [-0.05, 0) is 37.1 Å². The van der Waals surface area contributed by atoms with Gasteiger partial charge in [0.25, 0.3) is 0 Å². The van der Waals surface area contributed by atoms with Gasteiger partial charge in [-0.2, -0.15) is 0 Å². The highest BCUT2D eigenvalue weighted by atomic mass is 35.5. The number of nitrogens with one attached hydrogen (secondary N) is 1. The first kappa shape index (κ1) is 12.7. The van der Waals surface area contributed by atoms with Crippen molar-refractivity contribution in [2.45, 2.75) is 32.0 Å². The first-order valence-electron chi connectivity index (χ1n) is 6.54. The fourth-order valence-electron chi connectivity index (χ4n) is 2.13. The number of halogens is 2. The molecule has 2 aromatic rings.